The first-order valence-corrected chi connectivity index (χ1v) is 12.6. The molecule has 6 rings (SSSR count). The summed E-state index contributed by atoms with van der Waals surface area (Å²) in [5.74, 6) is -0.449. The molecule has 3 atom stereocenters. The minimum Gasteiger partial charge on any atom is -0.502 e. The zero-order valence-corrected chi connectivity index (χ0v) is 20.8. The van der Waals surface area contributed by atoms with E-state index in [1.165, 1.54) is 17.2 Å². The third-order valence-corrected chi connectivity index (χ3v) is 8.30. The van der Waals surface area contributed by atoms with E-state index in [-0.39, 0.29) is 29.6 Å². The molecule has 1 aliphatic heterocycles. The van der Waals surface area contributed by atoms with Crippen LogP contribution in [0, 0.1) is 11.8 Å². The van der Waals surface area contributed by atoms with E-state index in [0.29, 0.717) is 6.54 Å². The van der Waals surface area contributed by atoms with Gasteiger partial charge < -0.3 is 10.0 Å². The van der Waals surface area contributed by atoms with Crippen molar-refractivity contribution in [1.29, 1.82) is 0 Å². The highest BCUT2D eigenvalue weighted by Crippen LogP contribution is 2.58. The monoisotopic (exact) mass is 489 g/mol. The average molecular weight is 490 g/mol. The van der Waals surface area contributed by atoms with Crippen LogP contribution in [0.25, 0.3) is 0 Å². The van der Waals surface area contributed by atoms with Gasteiger partial charge in [-0.3, -0.25) is 19.3 Å². The van der Waals surface area contributed by atoms with Crippen LogP contribution in [0.4, 0.5) is 0 Å². The van der Waals surface area contributed by atoms with Gasteiger partial charge in [-0.15, -0.1) is 0 Å². The van der Waals surface area contributed by atoms with Gasteiger partial charge in [0.1, 0.15) is 11.7 Å². The number of nitrogens with zero attached hydrogens (tertiary/aromatic N) is 3. The first kappa shape index (κ1) is 22.2. The molecule has 3 aromatic rings. The molecule has 2 aromatic carbocycles. The first-order chi connectivity index (χ1) is 16.8. The van der Waals surface area contributed by atoms with Gasteiger partial charge in [-0.2, -0.15) is 0 Å². The fourth-order valence-corrected chi connectivity index (χ4v) is 6.95. The summed E-state index contributed by atoms with van der Waals surface area (Å²) in [4.78, 5) is 27.9. The second kappa shape index (κ2) is 7.62. The molecule has 3 aliphatic rings. The van der Waals surface area contributed by atoms with Gasteiger partial charge in [0.15, 0.2) is 11.4 Å². The van der Waals surface area contributed by atoms with Gasteiger partial charge in [0.05, 0.1) is 0 Å². The van der Waals surface area contributed by atoms with Crippen LogP contribution in [0.5, 0.6) is 5.75 Å². The van der Waals surface area contributed by atoms with Gasteiger partial charge in [-0.05, 0) is 54.0 Å². The summed E-state index contributed by atoms with van der Waals surface area (Å²) in [6.45, 7) is 6.67. The van der Waals surface area contributed by atoms with Crippen LogP contribution in [-0.2, 0) is 18.4 Å². The Bertz CT molecular complexity index is 1430. The highest BCUT2D eigenvalue weighted by molar-refractivity contribution is 6.31. The lowest BCUT2D eigenvalue weighted by Gasteiger charge is -2.54. The van der Waals surface area contributed by atoms with Gasteiger partial charge in [0.2, 0.25) is 5.43 Å². The number of pyridine rings is 1. The highest BCUT2D eigenvalue weighted by atomic mass is 35.5. The Kier molecular flexibility index (Phi) is 4.84. The summed E-state index contributed by atoms with van der Waals surface area (Å²) < 4.78 is 1.73. The number of aromatic hydroxyl groups is 1. The van der Waals surface area contributed by atoms with Crippen molar-refractivity contribution < 1.29 is 9.90 Å². The molecular weight excluding hydrogens is 462 g/mol. The van der Waals surface area contributed by atoms with Gasteiger partial charge in [-0.1, -0.05) is 61.8 Å². The van der Waals surface area contributed by atoms with Gasteiger partial charge in [0.25, 0.3) is 5.91 Å². The highest BCUT2D eigenvalue weighted by Gasteiger charge is 2.60. The van der Waals surface area contributed by atoms with Crippen LogP contribution < -0.4 is 10.4 Å². The summed E-state index contributed by atoms with van der Waals surface area (Å²) in [5, 5.41) is 13.8. The lowest BCUT2D eigenvalue weighted by atomic mass is 9.81. The number of carbonyl (C=O) groups is 1. The average Bonchev–Trinajstić information content (AvgIpc) is 3.31. The number of amides is 1. The normalized spacial score (nSPS) is 24.4. The van der Waals surface area contributed by atoms with Crippen molar-refractivity contribution in [2.45, 2.75) is 45.3 Å². The molecule has 6 nitrogen and oxygen atoms in total. The maximum atomic E-state index is 13.7. The number of aromatic nitrogens is 1. The van der Waals surface area contributed by atoms with Crippen molar-refractivity contribution in [2.75, 3.05) is 11.6 Å². The number of hydrogen-bond acceptors (Lipinski definition) is 4. The molecule has 2 heterocycles. The first-order valence-electron chi connectivity index (χ1n) is 12.2. The summed E-state index contributed by atoms with van der Waals surface area (Å²) in [6.07, 6.45) is 2.99. The Morgan fingerprint density at radius 3 is 2.57 bits per heavy atom. The third kappa shape index (κ3) is 2.83. The van der Waals surface area contributed by atoms with Crippen molar-refractivity contribution in [3.8, 4) is 5.75 Å². The summed E-state index contributed by atoms with van der Waals surface area (Å²) in [5.41, 5.74) is 3.55. The number of carbonyl (C=O) groups excluding carboxylic acids is 1. The van der Waals surface area contributed by atoms with E-state index in [1.807, 2.05) is 19.1 Å². The summed E-state index contributed by atoms with van der Waals surface area (Å²) in [7, 11) is 0. The molecule has 0 radical (unpaired) electrons. The molecular formula is C28H28ClN3O3. The second-order valence-corrected chi connectivity index (χ2v) is 10.8. The molecule has 0 bridgehead atoms. The maximum Gasteiger partial charge on any atom is 0.278 e. The smallest absolute Gasteiger partial charge is 0.278 e. The Balaban J connectivity index is 1.71. The molecule has 0 saturated heterocycles. The van der Waals surface area contributed by atoms with Crippen molar-refractivity contribution in [3.05, 3.63) is 97.9 Å². The number of hydrogen-bond donors (Lipinski definition) is 1. The van der Waals surface area contributed by atoms with Crippen LogP contribution in [0.2, 0.25) is 5.02 Å². The lowest BCUT2D eigenvalue weighted by Crippen LogP contribution is -2.68. The molecule has 3 unspecified atom stereocenters. The maximum absolute atomic E-state index is 13.7. The van der Waals surface area contributed by atoms with Crippen LogP contribution in [0.3, 0.4) is 0 Å². The minimum atomic E-state index is -0.609. The van der Waals surface area contributed by atoms with E-state index >= 15 is 0 Å². The zero-order valence-electron chi connectivity index (χ0n) is 20.0. The predicted molar refractivity (Wildman–Crippen MR) is 135 cm³/mol. The van der Waals surface area contributed by atoms with Crippen LogP contribution in [-0.4, -0.2) is 33.3 Å². The molecule has 0 saturated carbocycles. The van der Waals surface area contributed by atoms with Crippen molar-refractivity contribution in [3.63, 3.8) is 0 Å². The third-order valence-electron chi connectivity index (χ3n) is 7.94. The lowest BCUT2D eigenvalue weighted by molar-refractivity contribution is 0.0483. The number of halogens is 1. The minimum absolute atomic E-state index is 0.0178. The number of benzene rings is 2. The predicted octanol–water partition coefficient (Wildman–Crippen LogP) is 4.28. The van der Waals surface area contributed by atoms with E-state index in [0.717, 1.165) is 29.0 Å². The van der Waals surface area contributed by atoms with Gasteiger partial charge >= 0.3 is 0 Å². The molecule has 7 heteroatoms. The van der Waals surface area contributed by atoms with E-state index in [2.05, 4.69) is 49.2 Å². The van der Waals surface area contributed by atoms with Gasteiger partial charge in [0, 0.05) is 29.7 Å². The van der Waals surface area contributed by atoms with Crippen LogP contribution in [0.15, 0.2) is 59.5 Å². The molecule has 35 heavy (non-hydrogen) atoms. The summed E-state index contributed by atoms with van der Waals surface area (Å²) >= 11 is 6.74. The standard InChI is InChI=1S/C28H28ClN3O3/c1-16(2)15-30-17(3)32(31-12-11-24(33)26(34)25(31)27(30)35)28-19(13-18-7-4-5-8-21(18)28)14-20-22(28)9-6-10-23(20)29/h4-12,16-17,19,34H,13-15H2,1-3H3. The summed E-state index contributed by atoms with van der Waals surface area (Å²) in [6, 6.07) is 15.9. The topological polar surface area (TPSA) is 65.8 Å². The van der Waals surface area contributed by atoms with Crippen molar-refractivity contribution >= 4 is 17.5 Å². The molecule has 1 N–H and O–H groups in total. The second-order valence-electron chi connectivity index (χ2n) is 10.3. The fraction of sp³-hybridized carbons (Fsp3) is 0.357. The van der Waals surface area contributed by atoms with Gasteiger partial charge in [-0.25, -0.2) is 0 Å². The van der Waals surface area contributed by atoms with Crippen LogP contribution in [0.1, 0.15) is 53.5 Å². The molecule has 1 aromatic heterocycles. The number of fused-ring (bicyclic) bond motifs is 6. The Hall–Kier alpha value is -3.25. The van der Waals surface area contributed by atoms with Crippen molar-refractivity contribution in [2.24, 2.45) is 11.8 Å². The quantitative estimate of drug-likeness (QED) is 0.596. The molecule has 180 valence electrons. The molecule has 0 fully saturated rings. The van der Waals surface area contributed by atoms with E-state index in [9.17, 15) is 14.7 Å². The van der Waals surface area contributed by atoms with E-state index < -0.39 is 16.7 Å². The van der Waals surface area contributed by atoms with E-state index in [4.69, 9.17) is 11.6 Å². The van der Waals surface area contributed by atoms with Crippen LogP contribution >= 0.6 is 11.6 Å². The Morgan fingerprint density at radius 2 is 1.80 bits per heavy atom. The Morgan fingerprint density at radius 1 is 1.06 bits per heavy atom. The zero-order chi connectivity index (χ0) is 24.6. The largest absolute Gasteiger partial charge is 0.502 e. The molecule has 0 spiro atoms. The SMILES string of the molecule is CC(C)CN1C(=O)c2c(O)c(=O)ccn2N(C23c4ccccc4CC2Cc2c(Cl)cccc23)C1C. The molecule has 1 amide bonds. The fourth-order valence-electron chi connectivity index (χ4n) is 6.70. The molecule has 2 aliphatic carbocycles. The van der Waals surface area contributed by atoms with Crippen molar-refractivity contribution in [1.82, 2.24) is 9.58 Å². The van der Waals surface area contributed by atoms with E-state index in [1.54, 1.807) is 15.8 Å². The Labute approximate surface area is 209 Å². The number of rotatable bonds is 3.